The number of aromatic nitrogens is 1. The van der Waals surface area contributed by atoms with E-state index in [1.165, 1.54) is 12.5 Å². The third-order valence-corrected chi connectivity index (χ3v) is 6.21. The Kier molecular flexibility index (Phi) is 6.44. The van der Waals surface area contributed by atoms with Crippen LogP contribution in [0.15, 0.2) is 53.1 Å². The molecule has 0 aliphatic heterocycles. The number of anilines is 1. The number of nitrogens with one attached hydrogen (secondary N) is 1. The summed E-state index contributed by atoms with van der Waals surface area (Å²) in [5, 5.41) is 12.7. The summed E-state index contributed by atoms with van der Waals surface area (Å²) < 4.78 is 44.5. The minimum atomic E-state index is -4.44. The van der Waals surface area contributed by atoms with E-state index >= 15 is 0 Å². The number of carboxylic acid groups (broad SMARTS) is 1. The van der Waals surface area contributed by atoms with Gasteiger partial charge >= 0.3 is 12.1 Å². The number of furan rings is 1. The van der Waals surface area contributed by atoms with Gasteiger partial charge in [-0.05, 0) is 68.1 Å². The number of nitrogens with zero attached hydrogens (tertiary/aromatic N) is 1. The van der Waals surface area contributed by atoms with Crippen molar-refractivity contribution in [2.45, 2.75) is 51.2 Å². The second-order valence-corrected chi connectivity index (χ2v) is 8.45. The summed E-state index contributed by atoms with van der Waals surface area (Å²) in [4.78, 5) is 15.1. The molecule has 2 aromatic heterocycles. The number of carboxylic acids is 1. The highest BCUT2D eigenvalue weighted by Crippen LogP contribution is 2.40. The molecule has 1 aliphatic carbocycles. The van der Waals surface area contributed by atoms with Crippen LogP contribution in [-0.4, -0.2) is 16.1 Å². The van der Waals surface area contributed by atoms with E-state index in [2.05, 4.69) is 10.3 Å². The molecule has 174 valence electrons. The summed E-state index contributed by atoms with van der Waals surface area (Å²) in [6.07, 6.45) is 1.92. The number of pyridine rings is 1. The second kappa shape index (κ2) is 9.29. The summed E-state index contributed by atoms with van der Waals surface area (Å²) in [5.41, 5.74) is 1.48. The molecular formula is C25H25F3N2O3. The predicted molar refractivity (Wildman–Crippen MR) is 118 cm³/mol. The first-order valence-corrected chi connectivity index (χ1v) is 11.0. The first-order chi connectivity index (χ1) is 15.7. The molecule has 1 aliphatic rings. The Labute approximate surface area is 189 Å². The van der Waals surface area contributed by atoms with Gasteiger partial charge in [0.05, 0.1) is 17.2 Å². The third kappa shape index (κ3) is 5.21. The van der Waals surface area contributed by atoms with Gasteiger partial charge in [0.1, 0.15) is 11.5 Å². The van der Waals surface area contributed by atoms with Crippen molar-refractivity contribution in [3.63, 3.8) is 0 Å². The van der Waals surface area contributed by atoms with Gasteiger partial charge in [-0.1, -0.05) is 19.3 Å². The lowest BCUT2D eigenvalue weighted by Gasteiger charge is -2.31. The first kappa shape index (κ1) is 22.9. The molecule has 2 heterocycles. The van der Waals surface area contributed by atoms with Crippen molar-refractivity contribution in [2.75, 3.05) is 5.32 Å². The smallest absolute Gasteiger partial charge is 0.417 e. The van der Waals surface area contributed by atoms with Crippen LogP contribution in [0.2, 0.25) is 0 Å². The highest BCUT2D eigenvalue weighted by Gasteiger charge is 2.31. The van der Waals surface area contributed by atoms with E-state index < -0.39 is 17.7 Å². The fraction of sp³-hybridized carbons (Fsp3) is 0.360. The molecule has 4 rings (SSSR count). The maximum absolute atomic E-state index is 12.9. The average Bonchev–Trinajstić information content (AvgIpc) is 3.19. The molecular weight excluding hydrogens is 433 g/mol. The van der Waals surface area contributed by atoms with Gasteiger partial charge in [0.15, 0.2) is 5.76 Å². The fourth-order valence-electron chi connectivity index (χ4n) is 4.44. The topological polar surface area (TPSA) is 75.4 Å². The third-order valence-electron chi connectivity index (χ3n) is 6.21. The lowest BCUT2D eigenvalue weighted by atomic mass is 9.81. The molecule has 1 unspecified atom stereocenters. The molecule has 33 heavy (non-hydrogen) atoms. The summed E-state index contributed by atoms with van der Waals surface area (Å²) in [6.45, 7) is 1.84. The van der Waals surface area contributed by atoms with Crippen LogP contribution in [0.3, 0.4) is 0 Å². The Balaban J connectivity index is 1.64. The SMILES string of the molecule is Cc1oc(-c2ccc(C(F)(F)F)cn2)cc1C(Nc1ccc(C(=O)O)cc1)C1CCCCC1. The van der Waals surface area contributed by atoms with Crippen molar-refractivity contribution in [1.82, 2.24) is 4.98 Å². The highest BCUT2D eigenvalue weighted by molar-refractivity contribution is 5.88. The van der Waals surface area contributed by atoms with E-state index in [1.54, 1.807) is 24.3 Å². The number of aromatic carboxylic acids is 1. The van der Waals surface area contributed by atoms with Gasteiger partial charge < -0.3 is 14.8 Å². The van der Waals surface area contributed by atoms with Crippen LogP contribution >= 0.6 is 0 Å². The van der Waals surface area contributed by atoms with Crippen molar-refractivity contribution < 1.29 is 27.5 Å². The minimum absolute atomic E-state index is 0.0760. The molecule has 5 nitrogen and oxygen atoms in total. The Hall–Kier alpha value is -3.29. The number of rotatable bonds is 6. The van der Waals surface area contributed by atoms with Crippen LogP contribution < -0.4 is 5.32 Å². The molecule has 0 saturated heterocycles. The van der Waals surface area contributed by atoms with Gasteiger partial charge in [-0.25, -0.2) is 4.79 Å². The molecule has 1 atom stereocenters. The van der Waals surface area contributed by atoms with Crippen molar-refractivity contribution in [3.8, 4) is 11.5 Å². The fourth-order valence-corrected chi connectivity index (χ4v) is 4.44. The zero-order valence-corrected chi connectivity index (χ0v) is 18.2. The molecule has 3 aromatic rings. The van der Waals surface area contributed by atoms with E-state index in [-0.39, 0.29) is 11.6 Å². The summed E-state index contributed by atoms with van der Waals surface area (Å²) in [7, 11) is 0. The van der Waals surface area contributed by atoms with Gasteiger partial charge in [-0.3, -0.25) is 4.98 Å². The van der Waals surface area contributed by atoms with Crippen LogP contribution in [0.25, 0.3) is 11.5 Å². The quantitative estimate of drug-likeness (QED) is 0.412. The molecule has 2 N–H and O–H groups in total. The van der Waals surface area contributed by atoms with Crippen LogP contribution in [0.4, 0.5) is 18.9 Å². The minimum Gasteiger partial charge on any atom is -0.478 e. The summed E-state index contributed by atoms with van der Waals surface area (Å²) in [5.74, 6) is 0.462. The van der Waals surface area contributed by atoms with Crippen LogP contribution in [0.1, 0.15) is 65.4 Å². The lowest BCUT2D eigenvalue weighted by Crippen LogP contribution is -2.23. The van der Waals surface area contributed by atoms with Gasteiger partial charge in [-0.2, -0.15) is 13.2 Å². The summed E-state index contributed by atoms with van der Waals surface area (Å²) >= 11 is 0. The number of aryl methyl sites for hydroxylation is 1. The number of halogens is 3. The van der Waals surface area contributed by atoms with Crippen molar-refractivity contribution in [2.24, 2.45) is 5.92 Å². The number of carbonyl (C=O) groups is 1. The normalized spacial score (nSPS) is 15.9. The zero-order chi connectivity index (χ0) is 23.6. The average molecular weight is 458 g/mol. The van der Waals surface area contributed by atoms with Crippen LogP contribution in [0, 0.1) is 12.8 Å². The zero-order valence-electron chi connectivity index (χ0n) is 18.2. The van der Waals surface area contributed by atoms with Crippen molar-refractivity contribution in [3.05, 3.63) is 71.1 Å². The molecule has 1 aromatic carbocycles. The first-order valence-electron chi connectivity index (χ1n) is 11.0. The monoisotopic (exact) mass is 458 g/mol. The van der Waals surface area contributed by atoms with Crippen LogP contribution in [0.5, 0.6) is 0 Å². The second-order valence-electron chi connectivity index (χ2n) is 8.45. The maximum Gasteiger partial charge on any atom is 0.417 e. The number of hydrogen-bond donors (Lipinski definition) is 2. The van der Waals surface area contributed by atoms with E-state index in [0.29, 0.717) is 23.1 Å². The Morgan fingerprint density at radius 3 is 2.39 bits per heavy atom. The maximum atomic E-state index is 12.9. The van der Waals surface area contributed by atoms with Gasteiger partial charge in [0, 0.05) is 17.4 Å². The number of benzene rings is 1. The lowest BCUT2D eigenvalue weighted by molar-refractivity contribution is -0.137. The molecule has 0 spiro atoms. The predicted octanol–water partition coefficient (Wildman–Crippen LogP) is 7.10. The Bertz CT molecular complexity index is 1100. The Morgan fingerprint density at radius 2 is 1.82 bits per heavy atom. The molecule has 0 amide bonds. The van der Waals surface area contributed by atoms with Crippen LogP contribution in [-0.2, 0) is 6.18 Å². The van der Waals surface area contributed by atoms with Gasteiger partial charge in [0.25, 0.3) is 0 Å². The molecule has 1 fully saturated rings. The number of alkyl halides is 3. The molecule has 8 heteroatoms. The van der Waals surface area contributed by atoms with Gasteiger partial charge in [0.2, 0.25) is 0 Å². The van der Waals surface area contributed by atoms with E-state index in [9.17, 15) is 18.0 Å². The van der Waals surface area contributed by atoms with E-state index in [4.69, 9.17) is 9.52 Å². The van der Waals surface area contributed by atoms with E-state index in [1.807, 2.05) is 13.0 Å². The Morgan fingerprint density at radius 1 is 1.12 bits per heavy atom. The molecule has 1 saturated carbocycles. The van der Waals surface area contributed by atoms with Gasteiger partial charge in [-0.15, -0.1) is 0 Å². The van der Waals surface area contributed by atoms with Crippen molar-refractivity contribution in [1.29, 1.82) is 0 Å². The standard InChI is InChI=1S/C25H25F3N2O3/c1-15-20(13-22(33-15)21-12-9-18(14-29-21)25(26,27)28)23(16-5-3-2-4-6-16)30-19-10-7-17(8-11-19)24(31)32/h7-14,16,23,30H,2-6H2,1H3,(H,31,32). The summed E-state index contributed by atoms with van der Waals surface area (Å²) in [6, 6.07) is 10.7. The molecule has 0 radical (unpaired) electrons. The molecule has 0 bridgehead atoms. The highest BCUT2D eigenvalue weighted by atomic mass is 19.4. The van der Waals surface area contributed by atoms with E-state index in [0.717, 1.165) is 49.2 Å². The number of hydrogen-bond acceptors (Lipinski definition) is 4. The largest absolute Gasteiger partial charge is 0.478 e. The van der Waals surface area contributed by atoms with Crippen molar-refractivity contribution >= 4 is 11.7 Å².